The molecule has 3 nitrogen and oxygen atoms in total. The van der Waals surface area contributed by atoms with Crippen LogP contribution in [0.1, 0.15) is 29.7 Å². The Morgan fingerprint density at radius 1 is 1.31 bits per heavy atom. The Hall–Kier alpha value is -1.61. The molecular formula is C13H17N3. The fourth-order valence-corrected chi connectivity index (χ4v) is 1.59. The first kappa shape index (κ1) is 10.9. The van der Waals surface area contributed by atoms with Crippen molar-refractivity contribution in [3.63, 3.8) is 0 Å². The van der Waals surface area contributed by atoms with Gasteiger partial charge in [0.05, 0.1) is 6.20 Å². The monoisotopic (exact) mass is 215 g/mol. The molecule has 2 N–H and O–H groups in total. The van der Waals surface area contributed by atoms with Crippen LogP contribution in [0.25, 0.3) is 0 Å². The smallest absolute Gasteiger partial charge is 0.0534 e. The third-order valence-corrected chi connectivity index (χ3v) is 2.75. The van der Waals surface area contributed by atoms with Crippen molar-refractivity contribution in [3.05, 3.63) is 53.3 Å². The van der Waals surface area contributed by atoms with Gasteiger partial charge in [-0.15, -0.1) is 0 Å². The largest absolute Gasteiger partial charge is 0.306 e. The van der Waals surface area contributed by atoms with Crippen LogP contribution in [-0.4, -0.2) is 10.2 Å². The summed E-state index contributed by atoms with van der Waals surface area (Å²) in [6, 6.07) is 8.91. The van der Waals surface area contributed by atoms with Crippen molar-refractivity contribution in [1.82, 2.24) is 15.5 Å². The van der Waals surface area contributed by atoms with Crippen LogP contribution >= 0.6 is 0 Å². The summed E-state index contributed by atoms with van der Waals surface area (Å²) in [5.74, 6) is 0. The van der Waals surface area contributed by atoms with Gasteiger partial charge in [0.1, 0.15) is 0 Å². The van der Waals surface area contributed by atoms with Crippen LogP contribution in [0, 0.1) is 6.92 Å². The van der Waals surface area contributed by atoms with E-state index in [1.807, 2.05) is 12.4 Å². The van der Waals surface area contributed by atoms with Gasteiger partial charge in [-0.25, -0.2) is 0 Å². The van der Waals surface area contributed by atoms with E-state index in [4.69, 9.17) is 0 Å². The summed E-state index contributed by atoms with van der Waals surface area (Å²) in [6.07, 6.45) is 3.78. The summed E-state index contributed by atoms with van der Waals surface area (Å²) in [6.45, 7) is 5.12. The minimum absolute atomic E-state index is 0.319. The van der Waals surface area contributed by atoms with E-state index in [0.29, 0.717) is 6.04 Å². The van der Waals surface area contributed by atoms with Crippen LogP contribution in [0.15, 0.2) is 36.7 Å². The minimum Gasteiger partial charge on any atom is -0.306 e. The van der Waals surface area contributed by atoms with Crippen molar-refractivity contribution in [3.8, 4) is 0 Å². The van der Waals surface area contributed by atoms with Crippen molar-refractivity contribution in [2.45, 2.75) is 26.4 Å². The first-order valence-electron chi connectivity index (χ1n) is 5.53. The summed E-state index contributed by atoms with van der Waals surface area (Å²) < 4.78 is 0. The van der Waals surface area contributed by atoms with E-state index in [2.05, 4.69) is 53.6 Å². The molecule has 0 amide bonds. The molecule has 0 saturated carbocycles. The predicted molar refractivity (Wildman–Crippen MR) is 65.0 cm³/mol. The highest BCUT2D eigenvalue weighted by atomic mass is 15.1. The molecular weight excluding hydrogens is 198 g/mol. The van der Waals surface area contributed by atoms with Gasteiger partial charge in [0, 0.05) is 24.3 Å². The number of nitrogens with one attached hydrogen (secondary N) is 2. The Morgan fingerprint density at radius 2 is 2.06 bits per heavy atom. The first-order valence-corrected chi connectivity index (χ1v) is 5.53. The molecule has 0 aliphatic carbocycles. The Labute approximate surface area is 95.9 Å². The van der Waals surface area contributed by atoms with Crippen molar-refractivity contribution in [1.29, 1.82) is 0 Å². The van der Waals surface area contributed by atoms with Crippen LogP contribution in [0.3, 0.4) is 0 Å². The average molecular weight is 215 g/mol. The molecule has 1 unspecified atom stereocenters. The number of aromatic nitrogens is 2. The van der Waals surface area contributed by atoms with Crippen LogP contribution in [0.4, 0.5) is 0 Å². The topological polar surface area (TPSA) is 40.7 Å². The van der Waals surface area contributed by atoms with Crippen molar-refractivity contribution in [2.24, 2.45) is 0 Å². The first-order chi connectivity index (χ1) is 7.75. The number of nitrogens with zero attached hydrogens (tertiary/aromatic N) is 1. The molecule has 84 valence electrons. The maximum absolute atomic E-state index is 3.94. The number of benzene rings is 1. The van der Waals surface area contributed by atoms with E-state index in [1.165, 1.54) is 16.7 Å². The molecule has 1 heterocycles. The Kier molecular flexibility index (Phi) is 3.37. The van der Waals surface area contributed by atoms with E-state index in [1.54, 1.807) is 0 Å². The third-order valence-electron chi connectivity index (χ3n) is 2.75. The van der Waals surface area contributed by atoms with E-state index >= 15 is 0 Å². The second kappa shape index (κ2) is 4.94. The molecule has 0 aliphatic rings. The number of aromatic amines is 1. The lowest BCUT2D eigenvalue weighted by atomic mass is 10.1. The summed E-state index contributed by atoms with van der Waals surface area (Å²) in [7, 11) is 0. The highest BCUT2D eigenvalue weighted by Crippen LogP contribution is 2.10. The second-order valence-electron chi connectivity index (χ2n) is 4.12. The van der Waals surface area contributed by atoms with Crippen LogP contribution in [0.2, 0.25) is 0 Å². The fourth-order valence-electron chi connectivity index (χ4n) is 1.59. The normalized spacial score (nSPS) is 12.6. The molecule has 0 saturated heterocycles. The highest BCUT2D eigenvalue weighted by molar-refractivity contribution is 5.21. The zero-order chi connectivity index (χ0) is 11.4. The highest BCUT2D eigenvalue weighted by Gasteiger charge is 2.04. The van der Waals surface area contributed by atoms with E-state index in [9.17, 15) is 0 Å². The van der Waals surface area contributed by atoms with Crippen LogP contribution < -0.4 is 5.32 Å². The van der Waals surface area contributed by atoms with Gasteiger partial charge in [0.2, 0.25) is 0 Å². The van der Waals surface area contributed by atoms with Gasteiger partial charge in [0.15, 0.2) is 0 Å². The zero-order valence-corrected chi connectivity index (χ0v) is 9.70. The third kappa shape index (κ3) is 2.70. The molecule has 3 heteroatoms. The number of hydrogen-bond acceptors (Lipinski definition) is 2. The molecule has 0 radical (unpaired) electrons. The molecule has 0 fully saturated rings. The number of hydrogen-bond donors (Lipinski definition) is 2. The number of rotatable bonds is 4. The zero-order valence-electron chi connectivity index (χ0n) is 9.70. The maximum atomic E-state index is 3.94. The maximum Gasteiger partial charge on any atom is 0.0534 e. The Balaban J connectivity index is 1.90. The Bertz CT molecular complexity index is 417. The molecule has 1 aromatic carbocycles. The van der Waals surface area contributed by atoms with Gasteiger partial charge in [-0.3, -0.25) is 5.10 Å². The molecule has 2 aromatic rings. The lowest BCUT2D eigenvalue weighted by Gasteiger charge is -2.11. The van der Waals surface area contributed by atoms with Crippen molar-refractivity contribution in [2.75, 3.05) is 0 Å². The molecule has 1 aromatic heterocycles. The lowest BCUT2D eigenvalue weighted by molar-refractivity contribution is 0.575. The van der Waals surface area contributed by atoms with Gasteiger partial charge >= 0.3 is 0 Å². The van der Waals surface area contributed by atoms with Gasteiger partial charge in [0.25, 0.3) is 0 Å². The van der Waals surface area contributed by atoms with Crippen LogP contribution in [-0.2, 0) is 6.54 Å². The predicted octanol–water partition coefficient (Wildman–Crippen LogP) is 2.57. The molecule has 2 rings (SSSR count). The van der Waals surface area contributed by atoms with Gasteiger partial charge in [-0.1, -0.05) is 29.8 Å². The van der Waals surface area contributed by atoms with Gasteiger partial charge < -0.3 is 5.32 Å². The molecule has 0 bridgehead atoms. The second-order valence-corrected chi connectivity index (χ2v) is 4.12. The van der Waals surface area contributed by atoms with E-state index in [-0.39, 0.29) is 0 Å². The summed E-state index contributed by atoms with van der Waals surface area (Å²) in [4.78, 5) is 0. The summed E-state index contributed by atoms with van der Waals surface area (Å²) in [5.41, 5.74) is 3.79. The van der Waals surface area contributed by atoms with Crippen molar-refractivity contribution >= 4 is 0 Å². The molecule has 16 heavy (non-hydrogen) atoms. The van der Waals surface area contributed by atoms with Gasteiger partial charge in [-0.2, -0.15) is 5.10 Å². The SMILES string of the molecule is Cc1ccc(CNC(C)c2cn[nH]c2)cc1. The average Bonchev–Trinajstić information content (AvgIpc) is 2.81. The standard InChI is InChI=1S/C13H17N3/c1-10-3-5-12(6-4-10)7-14-11(2)13-8-15-16-9-13/h3-6,8-9,11,14H,7H2,1-2H3,(H,15,16). The number of H-pyrrole nitrogens is 1. The van der Waals surface area contributed by atoms with Crippen LogP contribution in [0.5, 0.6) is 0 Å². The van der Waals surface area contributed by atoms with Crippen molar-refractivity contribution < 1.29 is 0 Å². The molecule has 0 aliphatic heterocycles. The number of aryl methyl sites for hydroxylation is 1. The lowest BCUT2D eigenvalue weighted by Crippen LogP contribution is -2.17. The summed E-state index contributed by atoms with van der Waals surface area (Å²) in [5, 5.41) is 10.2. The minimum atomic E-state index is 0.319. The Morgan fingerprint density at radius 3 is 2.69 bits per heavy atom. The van der Waals surface area contributed by atoms with E-state index in [0.717, 1.165) is 6.54 Å². The van der Waals surface area contributed by atoms with E-state index < -0.39 is 0 Å². The molecule has 1 atom stereocenters. The quantitative estimate of drug-likeness (QED) is 0.823. The summed E-state index contributed by atoms with van der Waals surface area (Å²) >= 11 is 0. The fraction of sp³-hybridized carbons (Fsp3) is 0.308. The molecule has 0 spiro atoms. The van der Waals surface area contributed by atoms with Gasteiger partial charge in [-0.05, 0) is 19.4 Å².